The minimum atomic E-state index is -0.592. The standard InChI is InChI=1S/C65H41N3O/c1-5-21-43(22-6-1)64(44-23-7-2-8-24-44)55-36-17-14-31-51(55)59-52(33-20-37-56(59)64)62-66-61(67-63(68-62)53-34-19-32-50-49-30-15-18-38-58(49)69-60(50)53)42-39-40-48-47-29-13-16-35-54(47)65(57(48)41-42,45-25-9-3-10-26-45)46-27-11-4-12-28-46/h1-41H. The Morgan fingerprint density at radius 3 is 1.38 bits per heavy atom. The van der Waals surface area contributed by atoms with E-state index >= 15 is 0 Å². The summed E-state index contributed by atoms with van der Waals surface area (Å²) in [6.45, 7) is 0. The summed E-state index contributed by atoms with van der Waals surface area (Å²) in [5.74, 6) is 1.72. The summed E-state index contributed by atoms with van der Waals surface area (Å²) in [5, 5.41) is 2.07. The molecule has 322 valence electrons. The van der Waals surface area contributed by atoms with Crippen molar-refractivity contribution in [1.82, 2.24) is 15.0 Å². The van der Waals surface area contributed by atoms with Crippen molar-refractivity contribution in [2.45, 2.75) is 10.8 Å². The van der Waals surface area contributed by atoms with E-state index in [4.69, 9.17) is 19.4 Å². The zero-order valence-corrected chi connectivity index (χ0v) is 37.4. The van der Waals surface area contributed by atoms with E-state index in [0.717, 1.165) is 49.8 Å². The maximum absolute atomic E-state index is 6.70. The quantitative estimate of drug-likeness (QED) is 0.160. The fourth-order valence-electron chi connectivity index (χ4n) is 11.9. The van der Waals surface area contributed by atoms with E-state index in [-0.39, 0.29) is 0 Å². The van der Waals surface area contributed by atoms with Crippen LogP contribution in [0.25, 0.3) is 78.4 Å². The highest BCUT2D eigenvalue weighted by molar-refractivity contribution is 6.09. The van der Waals surface area contributed by atoms with Gasteiger partial charge in [-0.05, 0) is 85.0 Å². The number of benzene rings is 10. The van der Waals surface area contributed by atoms with Crippen molar-refractivity contribution in [2.75, 3.05) is 0 Å². The Balaban J connectivity index is 1.06. The van der Waals surface area contributed by atoms with Gasteiger partial charge in [-0.1, -0.05) is 231 Å². The van der Waals surface area contributed by atoms with Crippen LogP contribution < -0.4 is 0 Å². The number of furan rings is 1. The van der Waals surface area contributed by atoms with Gasteiger partial charge in [0.25, 0.3) is 0 Å². The summed E-state index contributed by atoms with van der Waals surface area (Å²) in [6.07, 6.45) is 0. The SMILES string of the molecule is c1ccc(C2(c3ccccc3)c3ccccc3-c3ccc(-c4nc(-c5cccc6c5-c5ccccc5C6(c5ccccc5)c5ccccc5)nc(-c5cccc6c5oc5ccccc56)n4)cc32)cc1. The van der Waals surface area contributed by atoms with Crippen LogP contribution in [0.2, 0.25) is 0 Å². The maximum Gasteiger partial charge on any atom is 0.167 e. The molecule has 0 radical (unpaired) electrons. The van der Waals surface area contributed by atoms with Crippen LogP contribution in [0.1, 0.15) is 44.5 Å². The van der Waals surface area contributed by atoms with Crippen LogP contribution in [-0.2, 0) is 10.8 Å². The van der Waals surface area contributed by atoms with Gasteiger partial charge < -0.3 is 4.42 Å². The van der Waals surface area contributed by atoms with Crippen molar-refractivity contribution in [2.24, 2.45) is 0 Å². The number of nitrogens with zero attached hydrogens (tertiary/aromatic N) is 3. The third kappa shape index (κ3) is 5.60. The average Bonchev–Trinajstić information content (AvgIpc) is 4.07. The molecule has 0 unspecified atom stereocenters. The first-order valence-corrected chi connectivity index (χ1v) is 23.6. The molecule has 0 spiro atoms. The molecule has 0 saturated carbocycles. The minimum absolute atomic E-state index is 0.544. The zero-order chi connectivity index (χ0) is 45.5. The van der Waals surface area contributed by atoms with E-state index in [0.29, 0.717) is 17.5 Å². The third-order valence-corrected chi connectivity index (χ3v) is 14.7. The van der Waals surface area contributed by atoms with Gasteiger partial charge in [-0.15, -0.1) is 0 Å². The Kier molecular flexibility index (Phi) is 8.68. The van der Waals surface area contributed by atoms with Crippen LogP contribution in [0.4, 0.5) is 0 Å². The fourth-order valence-corrected chi connectivity index (χ4v) is 11.9. The molecule has 0 N–H and O–H groups in total. The lowest BCUT2D eigenvalue weighted by Crippen LogP contribution is -2.28. The minimum Gasteiger partial charge on any atom is -0.455 e. The van der Waals surface area contributed by atoms with Crippen LogP contribution in [0.5, 0.6) is 0 Å². The summed E-state index contributed by atoms with van der Waals surface area (Å²) in [4.78, 5) is 16.6. The van der Waals surface area contributed by atoms with Crippen LogP contribution >= 0.6 is 0 Å². The molecule has 0 bridgehead atoms. The Morgan fingerprint density at radius 1 is 0.290 bits per heavy atom. The van der Waals surface area contributed by atoms with Crippen LogP contribution in [0.3, 0.4) is 0 Å². The predicted octanol–water partition coefficient (Wildman–Crippen LogP) is 15.5. The molecule has 0 atom stereocenters. The predicted molar refractivity (Wildman–Crippen MR) is 278 cm³/mol. The fraction of sp³-hybridized carbons (Fsp3) is 0.0308. The molecule has 0 fully saturated rings. The molecule has 2 aliphatic rings. The number of rotatable bonds is 7. The average molecular weight is 880 g/mol. The molecule has 0 amide bonds. The van der Waals surface area contributed by atoms with Gasteiger partial charge in [-0.25, -0.2) is 15.0 Å². The number of hydrogen-bond donors (Lipinski definition) is 0. The van der Waals surface area contributed by atoms with Crippen LogP contribution in [-0.4, -0.2) is 15.0 Å². The first kappa shape index (κ1) is 39.2. The zero-order valence-electron chi connectivity index (χ0n) is 37.4. The summed E-state index contributed by atoms with van der Waals surface area (Å²) in [5.41, 5.74) is 17.4. The van der Waals surface area contributed by atoms with Crippen LogP contribution in [0, 0.1) is 0 Å². The number of para-hydroxylation sites is 2. The lowest BCUT2D eigenvalue weighted by atomic mass is 9.67. The van der Waals surface area contributed by atoms with E-state index in [1.807, 2.05) is 12.1 Å². The number of aromatic nitrogens is 3. The molecule has 4 heteroatoms. The molecule has 14 rings (SSSR count). The summed E-state index contributed by atoms with van der Waals surface area (Å²) < 4.78 is 6.70. The highest BCUT2D eigenvalue weighted by atomic mass is 16.3. The summed E-state index contributed by atoms with van der Waals surface area (Å²) in [6, 6.07) is 89.3. The van der Waals surface area contributed by atoms with Crippen molar-refractivity contribution in [1.29, 1.82) is 0 Å². The van der Waals surface area contributed by atoms with Gasteiger partial charge in [-0.2, -0.15) is 0 Å². The molecule has 12 aromatic rings. The molecule has 2 heterocycles. The molecule has 2 aromatic heterocycles. The van der Waals surface area contributed by atoms with Crippen LogP contribution in [0.15, 0.2) is 253 Å². The topological polar surface area (TPSA) is 51.8 Å². The van der Waals surface area contributed by atoms with Gasteiger partial charge in [-0.3, -0.25) is 0 Å². The van der Waals surface area contributed by atoms with Gasteiger partial charge in [0.15, 0.2) is 17.5 Å². The Labute approximate surface area is 399 Å². The van der Waals surface area contributed by atoms with Crippen molar-refractivity contribution < 1.29 is 4.42 Å². The second-order valence-electron chi connectivity index (χ2n) is 18.1. The lowest BCUT2D eigenvalue weighted by Gasteiger charge is -2.34. The molecular formula is C65H41N3O. The Bertz CT molecular complexity index is 3880. The second kappa shape index (κ2) is 15.3. The van der Waals surface area contributed by atoms with E-state index in [1.54, 1.807) is 0 Å². The molecule has 0 aliphatic heterocycles. The van der Waals surface area contributed by atoms with Gasteiger partial charge in [0.2, 0.25) is 0 Å². The highest BCUT2D eigenvalue weighted by Crippen LogP contribution is 2.59. The first-order valence-electron chi connectivity index (χ1n) is 23.6. The Morgan fingerprint density at radius 2 is 0.725 bits per heavy atom. The van der Waals surface area contributed by atoms with Gasteiger partial charge in [0, 0.05) is 21.9 Å². The second-order valence-corrected chi connectivity index (χ2v) is 18.1. The number of hydrogen-bond acceptors (Lipinski definition) is 4. The molecule has 0 saturated heterocycles. The molecule has 10 aromatic carbocycles. The molecule has 4 nitrogen and oxygen atoms in total. The normalized spacial score (nSPS) is 13.7. The number of fused-ring (bicyclic) bond motifs is 9. The van der Waals surface area contributed by atoms with E-state index in [1.165, 1.54) is 55.6 Å². The monoisotopic (exact) mass is 879 g/mol. The summed E-state index contributed by atoms with van der Waals surface area (Å²) >= 11 is 0. The van der Waals surface area contributed by atoms with Crippen molar-refractivity contribution in [3.05, 3.63) is 293 Å². The smallest absolute Gasteiger partial charge is 0.167 e. The van der Waals surface area contributed by atoms with Gasteiger partial charge in [0.1, 0.15) is 11.2 Å². The van der Waals surface area contributed by atoms with Crippen molar-refractivity contribution in [3.63, 3.8) is 0 Å². The third-order valence-electron chi connectivity index (χ3n) is 14.7. The van der Waals surface area contributed by atoms with Gasteiger partial charge in [0.05, 0.1) is 16.4 Å². The van der Waals surface area contributed by atoms with Crippen molar-refractivity contribution >= 4 is 21.9 Å². The lowest BCUT2D eigenvalue weighted by molar-refractivity contribution is 0.669. The first-order chi connectivity index (χ1) is 34.2. The highest BCUT2D eigenvalue weighted by Gasteiger charge is 2.48. The Hall–Kier alpha value is -8.99. The summed E-state index contributed by atoms with van der Waals surface area (Å²) in [7, 11) is 0. The van der Waals surface area contributed by atoms with E-state index in [9.17, 15) is 0 Å². The maximum atomic E-state index is 6.70. The largest absolute Gasteiger partial charge is 0.455 e. The van der Waals surface area contributed by atoms with E-state index in [2.05, 4.69) is 237 Å². The molecule has 69 heavy (non-hydrogen) atoms. The molecular weight excluding hydrogens is 839 g/mol. The van der Waals surface area contributed by atoms with Crippen molar-refractivity contribution in [3.8, 4) is 56.4 Å². The van der Waals surface area contributed by atoms with Gasteiger partial charge >= 0.3 is 0 Å². The van der Waals surface area contributed by atoms with E-state index < -0.39 is 10.8 Å². The molecule has 2 aliphatic carbocycles.